The van der Waals surface area contributed by atoms with Crippen LogP contribution >= 0.6 is 0 Å². The maximum absolute atomic E-state index is 13.0. The number of alkyl halides is 1. The lowest BCUT2D eigenvalue weighted by Gasteiger charge is -2.22. The van der Waals surface area contributed by atoms with E-state index in [1.165, 1.54) is 0 Å². The minimum atomic E-state index is -0.909. The van der Waals surface area contributed by atoms with Gasteiger partial charge in [-0.25, -0.2) is 9.18 Å². The number of carbonyl (C=O) groups is 1. The summed E-state index contributed by atoms with van der Waals surface area (Å²) in [5, 5.41) is 2.62. The maximum Gasteiger partial charge on any atom is 0.408 e. The Bertz CT molecular complexity index is 412. The molecule has 0 spiro atoms. The van der Waals surface area contributed by atoms with E-state index in [9.17, 15) is 9.18 Å². The van der Waals surface area contributed by atoms with Crippen LogP contribution in [0.4, 0.5) is 9.18 Å². The number of hydrogen-bond acceptors (Lipinski definition) is 3. The predicted molar refractivity (Wildman–Crippen MR) is 71.1 cm³/mol. The summed E-state index contributed by atoms with van der Waals surface area (Å²) in [5.41, 5.74) is 0.171. The zero-order valence-corrected chi connectivity index (χ0v) is 11.7. The number of rotatable bonds is 4. The van der Waals surface area contributed by atoms with Gasteiger partial charge in [0.05, 0.1) is 7.11 Å². The molecule has 0 radical (unpaired) electrons. The number of benzene rings is 1. The topological polar surface area (TPSA) is 47.6 Å². The third-order valence-electron chi connectivity index (χ3n) is 2.35. The molecule has 0 aromatic heterocycles. The summed E-state index contributed by atoms with van der Waals surface area (Å²) >= 11 is 0. The number of amides is 1. The van der Waals surface area contributed by atoms with Crippen molar-refractivity contribution in [2.75, 3.05) is 13.8 Å². The molecule has 0 unspecified atom stereocenters. The van der Waals surface area contributed by atoms with Crippen LogP contribution in [0.15, 0.2) is 24.3 Å². The monoisotopic (exact) mass is 269 g/mol. The van der Waals surface area contributed by atoms with Crippen LogP contribution in [0.5, 0.6) is 5.75 Å². The smallest absolute Gasteiger partial charge is 0.408 e. The molecule has 1 N–H and O–H groups in total. The number of ether oxygens (including phenoxy) is 2. The van der Waals surface area contributed by atoms with Crippen molar-refractivity contribution in [3.05, 3.63) is 29.8 Å². The van der Waals surface area contributed by atoms with Gasteiger partial charge >= 0.3 is 6.09 Å². The van der Waals surface area contributed by atoms with Gasteiger partial charge in [-0.3, -0.25) is 0 Å². The molecule has 4 nitrogen and oxygen atoms in total. The quantitative estimate of drug-likeness (QED) is 0.912. The summed E-state index contributed by atoms with van der Waals surface area (Å²) in [6, 6.07) is 6.74. The molecule has 1 rings (SSSR count). The third kappa shape index (κ3) is 5.16. The lowest BCUT2D eigenvalue weighted by Crippen LogP contribution is -2.41. The average Bonchev–Trinajstić information content (AvgIpc) is 2.34. The SMILES string of the molecule is COc1ccc([C@@H](CF)OC(=O)NC(C)(C)C)cc1. The minimum absolute atomic E-state index is 0.419. The van der Waals surface area contributed by atoms with E-state index in [4.69, 9.17) is 9.47 Å². The van der Waals surface area contributed by atoms with Gasteiger partial charge in [-0.05, 0) is 38.5 Å². The van der Waals surface area contributed by atoms with Crippen molar-refractivity contribution in [2.24, 2.45) is 0 Å². The summed E-state index contributed by atoms with van der Waals surface area (Å²) in [7, 11) is 1.55. The predicted octanol–water partition coefficient (Wildman–Crippen LogP) is 3.23. The van der Waals surface area contributed by atoms with Crippen LogP contribution < -0.4 is 10.1 Å². The zero-order valence-electron chi connectivity index (χ0n) is 11.7. The summed E-state index contributed by atoms with van der Waals surface area (Å²) in [4.78, 5) is 11.6. The van der Waals surface area contributed by atoms with Crippen LogP contribution in [0.3, 0.4) is 0 Å². The number of carbonyl (C=O) groups excluding carboxylic acids is 1. The van der Waals surface area contributed by atoms with Gasteiger partial charge in [-0.1, -0.05) is 12.1 Å². The fraction of sp³-hybridized carbons (Fsp3) is 0.500. The third-order valence-corrected chi connectivity index (χ3v) is 2.35. The number of methoxy groups -OCH3 is 1. The molecule has 0 bridgehead atoms. The van der Waals surface area contributed by atoms with Gasteiger partial charge in [-0.15, -0.1) is 0 Å². The van der Waals surface area contributed by atoms with Crippen molar-refractivity contribution in [1.82, 2.24) is 5.32 Å². The number of hydrogen-bond donors (Lipinski definition) is 1. The highest BCUT2D eigenvalue weighted by molar-refractivity contribution is 5.68. The number of nitrogens with one attached hydrogen (secondary N) is 1. The zero-order chi connectivity index (χ0) is 14.5. The first-order valence-electron chi connectivity index (χ1n) is 6.04. The second kappa shape index (κ2) is 6.41. The van der Waals surface area contributed by atoms with Gasteiger partial charge in [0, 0.05) is 5.54 Å². The van der Waals surface area contributed by atoms with Crippen LogP contribution in [0.2, 0.25) is 0 Å². The van der Waals surface area contributed by atoms with Gasteiger partial charge in [0.25, 0.3) is 0 Å². The molecule has 5 heteroatoms. The van der Waals surface area contributed by atoms with E-state index in [0.29, 0.717) is 11.3 Å². The van der Waals surface area contributed by atoms with Crippen molar-refractivity contribution in [1.29, 1.82) is 0 Å². The second-order valence-corrected chi connectivity index (χ2v) is 5.20. The number of alkyl carbamates (subject to hydrolysis) is 1. The fourth-order valence-corrected chi connectivity index (χ4v) is 1.47. The van der Waals surface area contributed by atoms with Crippen LogP contribution in [-0.2, 0) is 4.74 Å². The largest absolute Gasteiger partial charge is 0.497 e. The second-order valence-electron chi connectivity index (χ2n) is 5.20. The first kappa shape index (κ1) is 15.3. The Kier molecular flexibility index (Phi) is 5.15. The van der Waals surface area contributed by atoms with Crippen molar-refractivity contribution in [3.63, 3.8) is 0 Å². The van der Waals surface area contributed by atoms with Gasteiger partial charge in [0.15, 0.2) is 6.10 Å². The van der Waals surface area contributed by atoms with Crippen LogP contribution in [0.25, 0.3) is 0 Å². The van der Waals surface area contributed by atoms with Crippen molar-refractivity contribution in [2.45, 2.75) is 32.4 Å². The number of halogens is 1. The van der Waals surface area contributed by atoms with Crippen LogP contribution in [0.1, 0.15) is 32.4 Å². The van der Waals surface area contributed by atoms with Gasteiger partial charge in [0.2, 0.25) is 0 Å². The van der Waals surface area contributed by atoms with E-state index in [0.717, 1.165) is 0 Å². The van der Waals surface area contributed by atoms with E-state index in [1.54, 1.807) is 31.4 Å². The lowest BCUT2D eigenvalue weighted by atomic mass is 10.1. The van der Waals surface area contributed by atoms with Crippen LogP contribution in [-0.4, -0.2) is 25.4 Å². The molecule has 0 fully saturated rings. The van der Waals surface area contributed by atoms with E-state index >= 15 is 0 Å². The molecule has 0 aliphatic rings. The van der Waals surface area contributed by atoms with Gasteiger partial charge < -0.3 is 14.8 Å². The molecule has 1 aromatic rings. The van der Waals surface area contributed by atoms with E-state index in [-0.39, 0.29) is 0 Å². The Morgan fingerprint density at radius 1 is 1.32 bits per heavy atom. The summed E-state index contributed by atoms with van der Waals surface area (Å²) in [5.74, 6) is 0.667. The Hall–Kier alpha value is -1.78. The van der Waals surface area contributed by atoms with E-state index < -0.39 is 24.4 Å². The molecule has 106 valence electrons. The summed E-state index contributed by atoms with van der Waals surface area (Å²) in [6.45, 7) is 4.70. The Morgan fingerprint density at radius 3 is 2.32 bits per heavy atom. The molecule has 19 heavy (non-hydrogen) atoms. The molecule has 1 aromatic carbocycles. The first-order chi connectivity index (χ1) is 8.85. The molecular weight excluding hydrogens is 249 g/mol. The standard InChI is InChI=1S/C14H20FNO3/c1-14(2,3)16-13(17)19-12(9-15)10-5-7-11(18-4)8-6-10/h5-8,12H,9H2,1-4H3,(H,16,17)/t12-/m1/s1. The first-order valence-corrected chi connectivity index (χ1v) is 6.04. The highest BCUT2D eigenvalue weighted by atomic mass is 19.1. The maximum atomic E-state index is 13.0. The Morgan fingerprint density at radius 2 is 1.89 bits per heavy atom. The van der Waals surface area contributed by atoms with Crippen molar-refractivity contribution in [3.8, 4) is 5.75 Å². The highest BCUT2D eigenvalue weighted by Crippen LogP contribution is 2.21. The van der Waals surface area contributed by atoms with Crippen molar-refractivity contribution >= 4 is 6.09 Å². The molecule has 0 aliphatic heterocycles. The van der Waals surface area contributed by atoms with Gasteiger partial charge in [-0.2, -0.15) is 0 Å². The summed E-state index contributed by atoms with van der Waals surface area (Å²) < 4.78 is 23.1. The van der Waals surface area contributed by atoms with E-state index in [2.05, 4.69) is 5.32 Å². The molecule has 1 atom stereocenters. The molecule has 0 saturated heterocycles. The normalized spacial score (nSPS) is 12.7. The van der Waals surface area contributed by atoms with Crippen LogP contribution in [0, 0.1) is 0 Å². The van der Waals surface area contributed by atoms with Gasteiger partial charge in [0.1, 0.15) is 12.4 Å². The summed E-state index contributed by atoms with van der Waals surface area (Å²) in [6.07, 6.45) is -1.54. The Balaban J connectivity index is 2.69. The van der Waals surface area contributed by atoms with Crippen molar-refractivity contribution < 1.29 is 18.7 Å². The molecule has 0 saturated carbocycles. The molecule has 0 heterocycles. The average molecular weight is 269 g/mol. The van der Waals surface area contributed by atoms with E-state index in [1.807, 2.05) is 20.8 Å². The fourth-order valence-electron chi connectivity index (χ4n) is 1.47. The Labute approximate surface area is 112 Å². The molecule has 1 amide bonds. The highest BCUT2D eigenvalue weighted by Gasteiger charge is 2.20. The molecule has 0 aliphatic carbocycles. The minimum Gasteiger partial charge on any atom is -0.497 e. The lowest BCUT2D eigenvalue weighted by molar-refractivity contribution is 0.0758. The molecular formula is C14H20FNO3.